The van der Waals surface area contributed by atoms with E-state index in [-0.39, 0.29) is 11.9 Å². The monoisotopic (exact) mass is 257 g/mol. The minimum atomic E-state index is -0.170. The maximum absolute atomic E-state index is 12.0. The third-order valence-electron chi connectivity index (χ3n) is 3.11. The van der Waals surface area contributed by atoms with E-state index in [1.807, 2.05) is 30.3 Å². The largest absolute Gasteiger partial charge is 0.347 e. The first-order valence-corrected chi connectivity index (χ1v) is 6.32. The van der Waals surface area contributed by atoms with Crippen molar-refractivity contribution in [1.82, 2.24) is 25.6 Å². The second-order valence-corrected chi connectivity index (χ2v) is 4.52. The van der Waals surface area contributed by atoms with E-state index in [4.69, 9.17) is 0 Å². The Morgan fingerprint density at radius 3 is 2.95 bits per heavy atom. The number of carbonyl (C=O) groups excluding carboxylic acids is 1. The van der Waals surface area contributed by atoms with Crippen LogP contribution in [0.3, 0.4) is 0 Å². The smallest absolute Gasteiger partial charge is 0.273 e. The summed E-state index contributed by atoms with van der Waals surface area (Å²) in [5.41, 5.74) is 1.18. The summed E-state index contributed by atoms with van der Waals surface area (Å²) in [4.78, 5) is 13.5. The molecule has 2 aromatic rings. The van der Waals surface area contributed by atoms with E-state index in [0.29, 0.717) is 5.69 Å². The first kappa shape index (κ1) is 11.9. The zero-order valence-electron chi connectivity index (χ0n) is 10.4. The molecule has 0 radical (unpaired) electrons. The molecule has 1 saturated heterocycles. The van der Waals surface area contributed by atoms with Crippen LogP contribution in [-0.4, -0.2) is 40.0 Å². The average molecular weight is 257 g/mol. The van der Waals surface area contributed by atoms with Crippen LogP contribution in [0.25, 0.3) is 5.69 Å². The van der Waals surface area contributed by atoms with E-state index in [9.17, 15) is 4.79 Å². The molecule has 1 amide bonds. The van der Waals surface area contributed by atoms with Crippen molar-refractivity contribution in [2.45, 2.75) is 12.5 Å². The Kier molecular flexibility index (Phi) is 3.24. The molecule has 0 unspecified atom stereocenters. The van der Waals surface area contributed by atoms with Gasteiger partial charge in [-0.25, -0.2) is 0 Å². The first-order chi connectivity index (χ1) is 9.33. The molecule has 0 aliphatic carbocycles. The second-order valence-electron chi connectivity index (χ2n) is 4.52. The first-order valence-electron chi connectivity index (χ1n) is 6.32. The highest BCUT2D eigenvalue weighted by Crippen LogP contribution is 2.05. The predicted octanol–water partition coefficient (Wildman–Crippen LogP) is 0.359. The van der Waals surface area contributed by atoms with E-state index in [2.05, 4.69) is 20.8 Å². The molecule has 0 spiro atoms. The number of nitrogens with one attached hydrogen (secondary N) is 2. The van der Waals surface area contributed by atoms with Crippen LogP contribution in [-0.2, 0) is 0 Å². The predicted molar refractivity (Wildman–Crippen MR) is 70.1 cm³/mol. The standard InChI is InChI=1S/C13H15N5O/c19-13(16-10-6-7-14-8-10)12-9-15-18(17-12)11-4-2-1-3-5-11/h1-5,9-10,14H,6-8H2,(H,16,19)/t10-/m0/s1. The quantitative estimate of drug-likeness (QED) is 0.832. The van der Waals surface area contributed by atoms with Gasteiger partial charge in [-0.1, -0.05) is 18.2 Å². The third-order valence-corrected chi connectivity index (χ3v) is 3.11. The molecule has 6 nitrogen and oxygen atoms in total. The number of amides is 1. The van der Waals surface area contributed by atoms with Gasteiger partial charge in [-0.2, -0.15) is 9.90 Å². The van der Waals surface area contributed by atoms with Crippen molar-refractivity contribution in [2.24, 2.45) is 0 Å². The third kappa shape index (κ3) is 2.63. The molecule has 2 N–H and O–H groups in total. The molecule has 6 heteroatoms. The van der Waals surface area contributed by atoms with Crippen molar-refractivity contribution in [3.05, 3.63) is 42.2 Å². The number of hydrogen-bond donors (Lipinski definition) is 2. The Hall–Kier alpha value is -2.21. The molecule has 0 saturated carbocycles. The Bertz CT molecular complexity index is 559. The van der Waals surface area contributed by atoms with Gasteiger partial charge in [0.2, 0.25) is 0 Å². The fourth-order valence-electron chi connectivity index (χ4n) is 2.09. The molecule has 1 aromatic heterocycles. The maximum atomic E-state index is 12.0. The van der Waals surface area contributed by atoms with Gasteiger partial charge in [-0.15, -0.1) is 5.10 Å². The van der Waals surface area contributed by atoms with Crippen molar-refractivity contribution < 1.29 is 4.79 Å². The Morgan fingerprint density at radius 2 is 2.21 bits per heavy atom. The summed E-state index contributed by atoms with van der Waals surface area (Å²) in [6.07, 6.45) is 2.45. The van der Waals surface area contributed by atoms with Crippen molar-refractivity contribution >= 4 is 5.91 Å². The number of aromatic nitrogens is 3. The van der Waals surface area contributed by atoms with Gasteiger partial charge in [0.05, 0.1) is 11.9 Å². The van der Waals surface area contributed by atoms with Crippen LogP contribution in [0.1, 0.15) is 16.9 Å². The summed E-state index contributed by atoms with van der Waals surface area (Å²) in [6.45, 7) is 1.76. The molecular formula is C13H15N5O. The molecule has 1 atom stereocenters. The summed E-state index contributed by atoms with van der Waals surface area (Å²) in [7, 11) is 0. The van der Waals surface area contributed by atoms with E-state index >= 15 is 0 Å². The summed E-state index contributed by atoms with van der Waals surface area (Å²) < 4.78 is 0. The Labute approximate surface area is 110 Å². The number of hydrogen-bond acceptors (Lipinski definition) is 4. The lowest BCUT2D eigenvalue weighted by molar-refractivity contribution is 0.0934. The van der Waals surface area contributed by atoms with Crippen LogP contribution in [0, 0.1) is 0 Å². The minimum absolute atomic E-state index is 0.170. The Balaban J connectivity index is 1.72. The number of carbonyl (C=O) groups is 1. The lowest BCUT2D eigenvalue weighted by atomic mass is 10.2. The second kappa shape index (κ2) is 5.19. The van der Waals surface area contributed by atoms with Crippen LogP contribution in [0.4, 0.5) is 0 Å². The molecule has 1 aromatic carbocycles. The summed E-state index contributed by atoms with van der Waals surface area (Å²) in [6, 6.07) is 9.71. The maximum Gasteiger partial charge on any atom is 0.273 e. The van der Waals surface area contributed by atoms with E-state index in [0.717, 1.165) is 25.2 Å². The van der Waals surface area contributed by atoms with Crippen LogP contribution in [0.5, 0.6) is 0 Å². The van der Waals surface area contributed by atoms with Gasteiger partial charge in [-0.3, -0.25) is 4.79 Å². The number of nitrogens with zero attached hydrogens (tertiary/aromatic N) is 3. The van der Waals surface area contributed by atoms with Gasteiger partial charge in [0, 0.05) is 12.6 Å². The van der Waals surface area contributed by atoms with E-state index in [1.54, 1.807) is 0 Å². The van der Waals surface area contributed by atoms with Gasteiger partial charge in [0.1, 0.15) is 0 Å². The number of rotatable bonds is 3. The molecule has 98 valence electrons. The fraction of sp³-hybridized carbons (Fsp3) is 0.308. The van der Waals surface area contributed by atoms with Crippen LogP contribution >= 0.6 is 0 Å². The summed E-state index contributed by atoms with van der Waals surface area (Å²) >= 11 is 0. The molecular weight excluding hydrogens is 242 g/mol. The normalized spacial score (nSPS) is 18.4. The minimum Gasteiger partial charge on any atom is -0.347 e. The van der Waals surface area contributed by atoms with Gasteiger partial charge < -0.3 is 10.6 Å². The molecule has 1 aliphatic heterocycles. The number of benzene rings is 1. The molecule has 2 heterocycles. The van der Waals surface area contributed by atoms with Gasteiger partial charge in [0.25, 0.3) is 5.91 Å². The topological polar surface area (TPSA) is 71.8 Å². The van der Waals surface area contributed by atoms with Crippen LogP contribution in [0.15, 0.2) is 36.5 Å². The van der Waals surface area contributed by atoms with Crippen molar-refractivity contribution in [1.29, 1.82) is 0 Å². The highest BCUT2D eigenvalue weighted by atomic mass is 16.2. The van der Waals surface area contributed by atoms with Gasteiger partial charge in [-0.05, 0) is 25.1 Å². The molecule has 0 bridgehead atoms. The lowest BCUT2D eigenvalue weighted by Crippen LogP contribution is -2.36. The van der Waals surface area contributed by atoms with E-state index in [1.165, 1.54) is 11.0 Å². The van der Waals surface area contributed by atoms with Crippen molar-refractivity contribution in [3.8, 4) is 5.69 Å². The summed E-state index contributed by atoms with van der Waals surface area (Å²) in [5, 5.41) is 14.5. The molecule has 1 aliphatic rings. The van der Waals surface area contributed by atoms with Crippen molar-refractivity contribution in [2.75, 3.05) is 13.1 Å². The van der Waals surface area contributed by atoms with Gasteiger partial charge in [0.15, 0.2) is 5.69 Å². The molecule has 3 rings (SSSR count). The average Bonchev–Trinajstić information content (AvgIpc) is 3.10. The van der Waals surface area contributed by atoms with Gasteiger partial charge >= 0.3 is 0 Å². The number of para-hydroxylation sites is 1. The molecule has 1 fully saturated rings. The summed E-state index contributed by atoms with van der Waals surface area (Å²) in [5.74, 6) is -0.170. The zero-order valence-corrected chi connectivity index (χ0v) is 10.4. The van der Waals surface area contributed by atoms with Crippen LogP contribution < -0.4 is 10.6 Å². The highest BCUT2D eigenvalue weighted by Gasteiger charge is 2.19. The highest BCUT2D eigenvalue weighted by molar-refractivity contribution is 5.92. The molecule has 19 heavy (non-hydrogen) atoms. The fourth-order valence-corrected chi connectivity index (χ4v) is 2.09. The Morgan fingerprint density at radius 1 is 1.37 bits per heavy atom. The van der Waals surface area contributed by atoms with Crippen LogP contribution in [0.2, 0.25) is 0 Å². The van der Waals surface area contributed by atoms with E-state index < -0.39 is 0 Å². The lowest BCUT2D eigenvalue weighted by Gasteiger charge is -2.08. The zero-order chi connectivity index (χ0) is 13.1. The van der Waals surface area contributed by atoms with Crippen molar-refractivity contribution in [3.63, 3.8) is 0 Å². The SMILES string of the molecule is O=C(N[C@H]1CCNC1)c1cnn(-c2ccccc2)n1.